The monoisotopic (exact) mass is 457 g/mol. The summed E-state index contributed by atoms with van der Waals surface area (Å²) in [4.78, 5) is 15.9. The van der Waals surface area contributed by atoms with Gasteiger partial charge in [0, 0.05) is 30.1 Å². The van der Waals surface area contributed by atoms with Crippen LogP contribution in [-0.2, 0) is 26.0 Å². The normalized spacial score (nSPS) is 10.9. The van der Waals surface area contributed by atoms with Gasteiger partial charge in [0.25, 0.3) is 0 Å². The molecule has 8 nitrogen and oxygen atoms in total. The molecule has 0 aliphatic carbocycles. The lowest BCUT2D eigenvalue weighted by molar-refractivity contribution is 0.101. The van der Waals surface area contributed by atoms with Gasteiger partial charge in [0.2, 0.25) is 0 Å². The first kappa shape index (κ1) is 23.1. The van der Waals surface area contributed by atoms with Crippen molar-refractivity contribution in [2.75, 3.05) is 0 Å². The highest BCUT2D eigenvalue weighted by Gasteiger charge is 2.16. The van der Waals surface area contributed by atoms with Crippen molar-refractivity contribution in [2.24, 2.45) is 0 Å². The molecule has 0 spiro atoms. The number of ketones is 1. The summed E-state index contributed by atoms with van der Waals surface area (Å²) in [6.45, 7) is 4.41. The number of carbonyl (C=O) groups is 1. The summed E-state index contributed by atoms with van der Waals surface area (Å²) in [6, 6.07) is 15.2. The van der Waals surface area contributed by atoms with Crippen molar-refractivity contribution >= 4 is 5.78 Å². The summed E-state index contributed by atoms with van der Waals surface area (Å²) in [6.07, 6.45) is 5.81. The lowest BCUT2D eigenvalue weighted by Gasteiger charge is -2.15. The smallest absolute Gasteiger partial charge is 0.182 e. The van der Waals surface area contributed by atoms with Crippen LogP contribution in [0.15, 0.2) is 60.9 Å². The number of carbonyl (C=O) groups excluding carboxylic acids is 1. The largest absolute Gasteiger partial charge is 0.507 e. The fourth-order valence-electron chi connectivity index (χ4n) is 3.83. The van der Waals surface area contributed by atoms with E-state index < -0.39 is 0 Å². The van der Waals surface area contributed by atoms with E-state index in [-0.39, 0.29) is 11.5 Å². The van der Waals surface area contributed by atoms with Crippen LogP contribution < -0.4 is 4.74 Å². The lowest BCUT2D eigenvalue weighted by atomic mass is 10.0. The van der Waals surface area contributed by atoms with E-state index in [9.17, 15) is 9.90 Å². The number of benzene rings is 2. The molecule has 1 N–H and O–H groups in total. The number of phenolic OH excluding ortho intramolecular Hbond substituents is 1. The van der Waals surface area contributed by atoms with Crippen LogP contribution in [0.4, 0.5) is 0 Å². The molecule has 0 atom stereocenters. The van der Waals surface area contributed by atoms with Crippen LogP contribution in [0.1, 0.15) is 47.3 Å². The van der Waals surface area contributed by atoms with Crippen molar-refractivity contribution in [3.63, 3.8) is 0 Å². The van der Waals surface area contributed by atoms with Crippen molar-refractivity contribution in [3.05, 3.63) is 83.2 Å². The van der Waals surface area contributed by atoms with Gasteiger partial charge in [0.15, 0.2) is 11.6 Å². The standard InChI is InChI=1S/C26H27N5O3/c1-3-6-23-24(11-10-22(18(2)32)25(23)33)34-17-20-7-4-9-21(15-20)26-28-29-30-31(26)14-12-19-8-5-13-27-16-19/h4-5,7-11,13,15-16,33H,3,6,12,14,17H2,1-2H3. The molecule has 4 rings (SSSR count). The second-order valence-corrected chi connectivity index (χ2v) is 8.07. The third kappa shape index (κ3) is 5.28. The number of ether oxygens (including phenoxy) is 1. The second kappa shape index (κ2) is 10.7. The summed E-state index contributed by atoms with van der Waals surface area (Å²) >= 11 is 0. The Morgan fingerprint density at radius 2 is 1.94 bits per heavy atom. The molecule has 4 aromatic rings. The molecular formula is C26H27N5O3. The molecule has 0 aliphatic heterocycles. The minimum atomic E-state index is -0.171. The highest BCUT2D eigenvalue weighted by molar-refractivity contribution is 5.97. The summed E-state index contributed by atoms with van der Waals surface area (Å²) < 4.78 is 7.85. The Morgan fingerprint density at radius 1 is 1.09 bits per heavy atom. The zero-order chi connectivity index (χ0) is 23.9. The van der Waals surface area contributed by atoms with Crippen molar-refractivity contribution in [3.8, 4) is 22.9 Å². The Morgan fingerprint density at radius 3 is 2.71 bits per heavy atom. The van der Waals surface area contributed by atoms with Gasteiger partial charge in [-0.25, -0.2) is 4.68 Å². The van der Waals surface area contributed by atoms with Crippen molar-refractivity contribution < 1.29 is 14.6 Å². The Bertz CT molecular complexity index is 1270. The minimum absolute atomic E-state index is 0.00777. The maximum absolute atomic E-state index is 11.8. The summed E-state index contributed by atoms with van der Waals surface area (Å²) in [5.74, 6) is 1.10. The summed E-state index contributed by atoms with van der Waals surface area (Å²) in [5, 5.41) is 22.8. The molecule has 0 saturated heterocycles. The number of aromatic nitrogens is 5. The minimum Gasteiger partial charge on any atom is -0.507 e. The number of tetrazole rings is 1. The van der Waals surface area contributed by atoms with Crippen molar-refractivity contribution in [1.82, 2.24) is 25.2 Å². The van der Waals surface area contributed by atoms with E-state index in [1.807, 2.05) is 49.5 Å². The van der Waals surface area contributed by atoms with Gasteiger partial charge < -0.3 is 9.84 Å². The predicted octanol–water partition coefficient (Wildman–Crippen LogP) is 4.42. The van der Waals surface area contributed by atoms with Gasteiger partial charge in [-0.15, -0.1) is 5.10 Å². The first-order chi connectivity index (χ1) is 16.6. The van der Waals surface area contributed by atoms with E-state index in [0.29, 0.717) is 42.3 Å². The number of rotatable bonds is 10. The van der Waals surface area contributed by atoms with Gasteiger partial charge in [-0.05, 0) is 65.6 Å². The average molecular weight is 458 g/mol. The van der Waals surface area contributed by atoms with Crippen LogP contribution in [0.2, 0.25) is 0 Å². The quantitative estimate of drug-likeness (QED) is 0.352. The summed E-state index contributed by atoms with van der Waals surface area (Å²) in [5.41, 5.74) is 3.92. The van der Waals surface area contributed by atoms with Gasteiger partial charge in [-0.1, -0.05) is 37.6 Å². The average Bonchev–Trinajstić information content (AvgIpc) is 3.32. The first-order valence-electron chi connectivity index (χ1n) is 11.3. The molecule has 0 unspecified atom stereocenters. The van der Waals surface area contributed by atoms with Crippen LogP contribution in [0.25, 0.3) is 11.4 Å². The number of aromatic hydroxyl groups is 1. The number of pyridine rings is 1. The van der Waals surface area contributed by atoms with Crippen LogP contribution in [0.3, 0.4) is 0 Å². The van der Waals surface area contributed by atoms with E-state index >= 15 is 0 Å². The molecule has 8 heteroatoms. The van der Waals surface area contributed by atoms with Crippen molar-refractivity contribution in [2.45, 2.75) is 46.3 Å². The fourth-order valence-corrected chi connectivity index (χ4v) is 3.83. The Kier molecular flexibility index (Phi) is 7.27. The molecule has 0 bridgehead atoms. The van der Waals surface area contributed by atoms with Gasteiger partial charge in [0.1, 0.15) is 18.1 Å². The third-order valence-corrected chi connectivity index (χ3v) is 5.57. The van der Waals surface area contributed by atoms with Crippen LogP contribution in [0.5, 0.6) is 11.5 Å². The van der Waals surface area contributed by atoms with E-state index in [4.69, 9.17) is 4.74 Å². The van der Waals surface area contributed by atoms with E-state index in [1.165, 1.54) is 6.92 Å². The lowest BCUT2D eigenvalue weighted by Crippen LogP contribution is -2.06. The zero-order valence-electron chi connectivity index (χ0n) is 19.3. The van der Waals surface area contributed by atoms with E-state index in [1.54, 1.807) is 23.0 Å². The molecule has 0 saturated carbocycles. The number of aryl methyl sites for hydroxylation is 2. The molecular weight excluding hydrogens is 430 g/mol. The van der Waals surface area contributed by atoms with E-state index in [0.717, 1.165) is 29.5 Å². The highest BCUT2D eigenvalue weighted by atomic mass is 16.5. The third-order valence-electron chi connectivity index (χ3n) is 5.57. The van der Waals surface area contributed by atoms with Crippen LogP contribution >= 0.6 is 0 Å². The highest BCUT2D eigenvalue weighted by Crippen LogP contribution is 2.33. The molecule has 174 valence electrons. The maximum Gasteiger partial charge on any atom is 0.182 e. The fraction of sp³-hybridized carbons (Fsp3) is 0.269. The molecule has 2 aromatic heterocycles. The molecule has 2 aromatic carbocycles. The van der Waals surface area contributed by atoms with Crippen molar-refractivity contribution in [1.29, 1.82) is 0 Å². The maximum atomic E-state index is 11.8. The van der Waals surface area contributed by atoms with Crippen LogP contribution in [0, 0.1) is 0 Å². The second-order valence-electron chi connectivity index (χ2n) is 8.07. The number of phenols is 1. The van der Waals surface area contributed by atoms with Gasteiger partial charge in [0.05, 0.1) is 5.56 Å². The number of Topliss-reactive ketones (excluding diaryl/α,β-unsaturated/α-hetero) is 1. The molecule has 0 aliphatic rings. The number of hydrogen-bond acceptors (Lipinski definition) is 7. The SMILES string of the molecule is CCCc1c(OCc2cccc(-c3nnnn3CCc3cccnc3)c2)ccc(C(C)=O)c1O. The van der Waals surface area contributed by atoms with Gasteiger partial charge in [-0.2, -0.15) is 0 Å². The van der Waals surface area contributed by atoms with E-state index in [2.05, 4.69) is 20.5 Å². The number of nitrogens with zero attached hydrogens (tertiary/aromatic N) is 5. The number of hydrogen-bond donors (Lipinski definition) is 1. The molecule has 0 amide bonds. The first-order valence-corrected chi connectivity index (χ1v) is 11.3. The van der Waals surface area contributed by atoms with Crippen LogP contribution in [-0.4, -0.2) is 36.1 Å². The Hall–Kier alpha value is -4.07. The zero-order valence-corrected chi connectivity index (χ0v) is 19.3. The molecule has 2 heterocycles. The van der Waals surface area contributed by atoms with Gasteiger partial charge >= 0.3 is 0 Å². The Labute approximate surface area is 198 Å². The molecule has 0 radical (unpaired) electrons. The summed E-state index contributed by atoms with van der Waals surface area (Å²) in [7, 11) is 0. The molecule has 34 heavy (non-hydrogen) atoms. The molecule has 0 fully saturated rings. The van der Waals surface area contributed by atoms with Gasteiger partial charge in [-0.3, -0.25) is 9.78 Å². The predicted molar refractivity (Wildman–Crippen MR) is 128 cm³/mol. The Balaban J connectivity index is 1.50. The topological polar surface area (TPSA) is 103 Å².